The molecule has 1 N–H and O–H groups in total. The van der Waals surface area contributed by atoms with Crippen molar-refractivity contribution in [3.05, 3.63) is 39.3 Å². The lowest BCUT2D eigenvalue weighted by molar-refractivity contribution is -0.384. The molecule has 1 aromatic heterocycles. The number of hydrogen-bond acceptors (Lipinski definition) is 6. The van der Waals surface area contributed by atoms with Crippen LogP contribution in [0.4, 0.5) is 23.7 Å². The molecule has 2 aromatic rings. The minimum absolute atomic E-state index is 0.0332. The molecule has 0 saturated heterocycles. The number of alkyl halides is 3. The maximum absolute atomic E-state index is 12.8. The summed E-state index contributed by atoms with van der Waals surface area (Å²) in [6.07, 6.45) is -6.75. The van der Waals surface area contributed by atoms with Gasteiger partial charge in [0.15, 0.2) is 10.6 Å². The van der Waals surface area contributed by atoms with Crippen molar-refractivity contribution in [2.24, 2.45) is 0 Å². The molecule has 0 amide bonds. The zero-order valence-electron chi connectivity index (χ0n) is 10.3. The lowest BCUT2D eigenvalue weighted by Crippen LogP contribution is -2.09. The number of non-ortho nitro benzene ring substituents is 1. The van der Waals surface area contributed by atoms with E-state index in [1.165, 1.54) is 0 Å². The van der Waals surface area contributed by atoms with Crippen LogP contribution in [-0.2, 0) is 6.18 Å². The van der Waals surface area contributed by atoms with Gasteiger partial charge >= 0.3 is 12.3 Å². The van der Waals surface area contributed by atoms with Gasteiger partial charge in [-0.15, -0.1) is 0 Å². The Labute approximate surface area is 123 Å². The maximum Gasteiger partial charge on any atom is 0.511 e. The first-order valence-corrected chi connectivity index (χ1v) is 6.20. The maximum atomic E-state index is 12.8. The number of carboxylic acid groups (broad SMARTS) is 1. The van der Waals surface area contributed by atoms with E-state index < -0.39 is 27.9 Å². The van der Waals surface area contributed by atoms with Crippen LogP contribution in [0.1, 0.15) is 4.88 Å². The van der Waals surface area contributed by atoms with Crippen LogP contribution >= 0.6 is 11.5 Å². The average Bonchev–Trinajstić information content (AvgIpc) is 2.81. The Morgan fingerprint density at radius 3 is 2.36 bits per heavy atom. The molecular formula is C11H5F3N2O5S. The minimum Gasteiger partial charge on any atom is -0.449 e. The average molecular weight is 334 g/mol. The van der Waals surface area contributed by atoms with E-state index >= 15 is 0 Å². The number of aromatic nitrogens is 1. The van der Waals surface area contributed by atoms with Crippen LogP contribution in [0.2, 0.25) is 0 Å². The smallest absolute Gasteiger partial charge is 0.449 e. The molecule has 0 bridgehead atoms. The largest absolute Gasteiger partial charge is 0.511 e. The lowest BCUT2D eigenvalue weighted by atomic mass is 10.1. The van der Waals surface area contributed by atoms with Crippen LogP contribution < -0.4 is 4.74 Å². The van der Waals surface area contributed by atoms with Crippen LogP contribution in [0.15, 0.2) is 24.3 Å². The quantitative estimate of drug-likeness (QED) is 0.520. The Kier molecular flexibility index (Phi) is 3.99. The molecule has 11 heteroatoms. The summed E-state index contributed by atoms with van der Waals surface area (Å²) in [5.74, 6) is -0.946. The van der Waals surface area contributed by atoms with Gasteiger partial charge in [0.25, 0.3) is 5.69 Å². The first kappa shape index (κ1) is 15.7. The second kappa shape index (κ2) is 5.60. The lowest BCUT2D eigenvalue weighted by Gasteiger charge is -2.07. The second-order valence-electron chi connectivity index (χ2n) is 3.86. The zero-order chi connectivity index (χ0) is 16.5. The van der Waals surface area contributed by atoms with Gasteiger partial charge in [-0.1, -0.05) is 0 Å². The summed E-state index contributed by atoms with van der Waals surface area (Å²) in [5.41, 5.74) is -0.557. The summed E-state index contributed by atoms with van der Waals surface area (Å²) in [5, 5.41) is 19.1. The number of ether oxygens (including phenoxy) is 1. The van der Waals surface area contributed by atoms with E-state index in [-0.39, 0.29) is 28.5 Å². The number of benzene rings is 1. The molecule has 7 nitrogen and oxygen atoms in total. The predicted octanol–water partition coefficient (Wildman–Crippen LogP) is 3.79. The standard InChI is InChI=1S/C11H5F3N2O5S/c12-11(13,14)9-8(21-10(17)18)7(15-22-9)5-1-3-6(4-2-5)16(19)20/h1-4H,(H,17,18). The van der Waals surface area contributed by atoms with Crippen molar-refractivity contribution in [3.63, 3.8) is 0 Å². The van der Waals surface area contributed by atoms with E-state index in [0.717, 1.165) is 24.3 Å². The van der Waals surface area contributed by atoms with Crippen LogP contribution in [0, 0.1) is 10.1 Å². The van der Waals surface area contributed by atoms with Crippen molar-refractivity contribution < 1.29 is 32.7 Å². The van der Waals surface area contributed by atoms with Crippen molar-refractivity contribution in [2.45, 2.75) is 6.18 Å². The van der Waals surface area contributed by atoms with Gasteiger partial charge < -0.3 is 9.84 Å². The molecule has 116 valence electrons. The number of nitro groups is 1. The molecule has 0 saturated carbocycles. The number of nitrogens with zero attached hydrogens (tertiary/aromatic N) is 2. The highest BCUT2D eigenvalue weighted by Gasteiger charge is 2.40. The van der Waals surface area contributed by atoms with Gasteiger partial charge in [0, 0.05) is 17.7 Å². The Balaban J connectivity index is 2.52. The first-order chi connectivity index (χ1) is 10.2. The van der Waals surface area contributed by atoms with Crippen molar-refractivity contribution in [1.29, 1.82) is 0 Å². The van der Waals surface area contributed by atoms with E-state index in [2.05, 4.69) is 9.11 Å². The summed E-state index contributed by atoms with van der Waals surface area (Å²) in [7, 11) is 0. The summed E-state index contributed by atoms with van der Waals surface area (Å²) in [6.45, 7) is 0. The van der Waals surface area contributed by atoms with E-state index in [9.17, 15) is 28.1 Å². The normalized spacial score (nSPS) is 11.2. The van der Waals surface area contributed by atoms with Gasteiger partial charge in [-0.2, -0.15) is 17.5 Å². The van der Waals surface area contributed by atoms with Crippen LogP contribution in [0.25, 0.3) is 11.3 Å². The third-order valence-electron chi connectivity index (χ3n) is 2.45. The third-order valence-corrected chi connectivity index (χ3v) is 3.32. The molecule has 2 rings (SSSR count). The molecule has 0 aliphatic heterocycles. The van der Waals surface area contributed by atoms with E-state index in [4.69, 9.17) is 5.11 Å². The Morgan fingerprint density at radius 1 is 1.32 bits per heavy atom. The van der Waals surface area contributed by atoms with Crippen molar-refractivity contribution in [3.8, 4) is 17.0 Å². The van der Waals surface area contributed by atoms with Gasteiger partial charge in [-0.25, -0.2) is 4.79 Å². The molecule has 0 unspecified atom stereocenters. The third kappa shape index (κ3) is 3.14. The fourth-order valence-corrected chi connectivity index (χ4v) is 2.26. The molecule has 0 spiro atoms. The SMILES string of the molecule is O=C(O)Oc1c(-c2ccc([N+](=O)[O-])cc2)nsc1C(F)(F)F. The number of halogens is 3. The first-order valence-electron chi connectivity index (χ1n) is 5.42. The Bertz CT molecular complexity index is 726. The monoisotopic (exact) mass is 334 g/mol. The van der Waals surface area contributed by atoms with Crippen LogP contribution in [-0.4, -0.2) is 20.6 Å². The summed E-state index contributed by atoms with van der Waals surface area (Å²) in [4.78, 5) is 19.1. The summed E-state index contributed by atoms with van der Waals surface area (Å²) >= 11 is 0.0332. The van der Waals surface area contributed by atoms with Gasteiger partial charge in [-0.3, -0.25) is 10.1 Å². The van der Waals surface area contributed by atoms with Crippen molar-refractivity contribution in [1.82, 2.24) is 4.37 Å². The van der Waals surface area contributed by atoms with Crippen molar-refractivity contribution in [2.75, 3.05) is 0 Å². The number of rotatable bonds is 3. The molecule has 1 aromatic carbocycles. The molecule has 0 atom stereocenters. The number of nitro benzene ring substituents is 1. The fourth-order valence-electron chi connectivity index (χ4n) is 1.57. The molecule has 1 heterocycles. The second-order valence-corrected chi connectivity index (χ2v) is 4.63. The van der Waals surface area contributed by atoms with E-state index in [1.807, 2.05) is 0 Å². The van der Waals surface area contributed by atoms with E-state index in [0.29, 0.717) is 0 Å². The zero-order valence-corrected chi connectivity index (χ0v) is 11.1. The predicted molar refractivity (Wildman–Crippen MR) is 67.9 cm³/mol. The van der Waals surface area contributed by atoms with Crippen LogP contribution in [0.3, 0.4) is 0 Å². The molecule has 0 aliphatic carbocycles. The highest BCUT2D eigenvalue weighted by atomic mass is 32.1. The number of hydrogen-bond donors (Lipinski definition) is 1. The Hall–Kier alpha value is -2.69. The number of carbonyl (C=O) groups is 1. The minimum atomic E-state index is -4.83. The molecular weight excluding hydrogens is 329 g/mol. The highest BCUT2D eigenvalue weighted by molar-refractivity contribution is 7.06. The summed E-state index contributed by atoms with van der Waals surface area (Å²) in [6, 6.07) is 4.43. The molecule has 0 fully saturated rings. The molecule has 0 aliphatic rings. The highest BCUT2D eigenvalue weighted by Crippen LogP contribution is 2.44. The molecule has 0 radical (unpaired) electrons. The van der Waals surface area contributed by atoms with Crippen LogP contribution in [0.5, 0.6) is 5.75 Å². The van der Waals surface area contributed by atoms with E-state index in [1.54, 1.807) is 0 Å². The fraction of sp³-hybridized carbons (Fsp3) is 0.0909. The van der Waals surface area contributed by atoms with Gasteiger partial charge in [0.1, 0.15) is 5.69 Å². The summed E-state index contributed by atoms with van der Waals surface area (Å²) < 4.78 is 46.1. The Morgan fingerprint density at radius 2 is 1.91 bits per heavy atom. The van der Waals surface area contributed by atoms with Gasteiger partial charge in [-0.05, 0) is 23.7 Å². The van der Waals surface area contributed by atoms with Crippen molar-refractivity contribution >= 4 is 23.4 Å². The van der Waals surface area contributed by atoms with Gasteiger partial charge in [0.2, 0.25) is 0 Å². The molecule has 22 heavy (non-hydrogen) atoms. The topological polar surface area (TPSA) is 103 Å². The van der Waals surface area contributed by atoms with Gasteiger partial charge in [0.05, 0.1) is 4.92 Å².